The third kappa shape index (κ3) is 4.74. The number of carbonyl (C=O) groups excluding carboxylic acids is 2. The maximum Gasteiger partial charge on any atom is 0.302 e. The Kier molecular flexibility index (Phi) is 8.09. The standard InChI is InChI=1S/C40H59NO4/c1-25(2)29-15-20-40(35(43)41-24-27-11-10-12-28(23-27)44-9)22-21-38(7)30(34(29)40)13-14-32-37(6)18-17-33(45-26(3)42)36(4,5)31(37)16-19-39(32,38)8/h10-12,23,29-34H,1,13-22,24H2,2-9H3,(H,41,43)/t29-,30?,31?,32?,33-,34?,37-,38+,39+,40-/m0/s1. The summed E-state index contributed by atoms with van der Waals surface area (Å²) in [5, 5.41) is 3.43. The van der Waals surface area contributed by atoms with Crippen LogP contribution in [0.5, 0.6) is 5.75 Å². The molecule has 0 radical (unpaired) electrons. The molecule has 4 unspecified atom stereocenters. The van der Waals surface area contributed by atoms with Crippen molar-refractivity contribution in [1.82, 2.24) is 5.32 Å². The fraction of sp³-hybridized carbons (Fsp3) is 0.750. The van der Waals surface area contributed by atoms with E-state index in [9.17, 15) is 9.59 Å². The minimum Gasteiger partial charge on any atom is -0.497 e. The van der Waals surface area contributed by atoms with E-state index in [1.54, 1.807) is 14.0 Å². The van der Waals surface area contributed by atoms with E-state index >= 15 is 0 Å². The van der Waals surface area contributed by atoms with Crippen LogP contribution in [0.25, 0.3) is 0 Å². The van der Waals surface area contributed by atoms with Gasteiger partial charge in [-0.1, -0.05) is 58.9 Å². The molecule has 0 spiro atoms. The highest BCUT2D eigenvalue weighted by molar-refractivity contribution is 5.84. The van der Waals surface area contributed by atoms with Crippen LogP contribution in [-0.4, -0.2) is 25.1 Å². The fourth-order valence-corrected chi connectivity index (χ4v) is 13.1. The first kappa shape index (κ1) is 32.6. The number of hydrogen-bond acceptors (Lipinski definition) is 4. The third-order valence-electron chi connectivity index (χ3n) is 15.4. The monoisotopic (exact) mass is 617 g/mol. The lowest BCUT2D eigenvalue weighted by Crippen LogP contribution is -2.67. The van der Waals surface area contributed by atoms with Gasteiger partial charge in [0.25, 0.3) is 0 Å². The zero-order valence-corrected chi connectivity index (χ0v) is 29.4. The Morgan fingerprint density at radius 2 is 1.64 bits per heavy atom. The van der Waals surface area contributed by atoms with Crippen molar-refractivity contribution in [3.8, 4) is 5.75 Å². The Hall–Kier alpha value is -2.30. The van der Waals surface area contributed by atoms with Gasteiger partial charge in [0, 0.05) is 18.9 Å². The predicted molar refractivity (Wildman–Crippen MR) is 179 cm³/mol. The number of benzene rings is 1. The average Bonchev–Trinajstić information content (AvgIpc) is 3.39. The minimum atomic E-state index is -0.318. The Balaban J connectivity index is 1.30. The van der Waals surface area contributed by atoms with E-state index in [4.69, 9.17) is 9.47 Å². The Labute approximate surface area is 272 Å². The summed E-state index contributed by atoms with van der Waals surface area (Å²) in [6, 6.07) is 8.05. The number of carbonyl (C=O) groups is 2. The molecule has 0 heterocycles. The molecule has 5 saturated carbocycles. The number of allylic oxidation sites excluding steroid dienone is 1. The summed E-state index contributed by atoms with van der Waals surface area (Å²) in [5.74, 6) is 3.39. The zero-order chi connectivity index (χ0) is 32.6. The van der Waals surface area contributed by atoms with Crippen molar-refractivity contribution in [3.63, 3.8) is 0 Å². The fourth-order valence-electron chi connectivity index (χ4n) is 13.1. The SMILES string of the molecule is C=C(C)[C@@H]1CC[C@]2(C(=O)NCc3cccc(OC)c3)CC[C@]3(C)C(CCC4[C@@]5(C)CC[C@H](OC(C)=O)C(C)(C)C5CC[C@]43C)C12. The first-order valence-electron chi connectivity index (χ1n) is 17.9. The zero-order valence-electron chi connectivity index (χ0n) is 29.4. The number of fused-ring (bicyclic) bond motifs is 7. The number of hydrogen-bond donors (Lipinski definition) is 1. The number of rotatable bonds is 6. The third-order valence-corrected chi connectivity index (χ3v) is 15.4. The average molecular weight is 618 g/mol. The number of amides is 1. The first-order chi connectivity index (χ1) is 21.1. The van der Waals surface area contributed by atoms with E-state index in [0.717, 1.165) is 49.8 Å². The van der Waals surface area contributed by atoms with Gasteiger partial charge in [0.05, 0.1) is 12.5 Å². The maximum atomic E-state index is 14.4. The van der Waals surface area contributed by atoms with Crippen LogP contribution in [0.4, 0.5) is 0 Å². The molecule has 5 aliphatic carbocycles. The van der Waals surface area contributed by atoms with E-state index in [1.807, 2.05) is 18.2 Å². The van der Waals surface area contributed by atoms with Gasteiger partial charge in [-0.2, -0.15) is 0 Å². The lowest BCUT2D eigenvalue weighted by Gasteiger charge is -2.72. The van der Waals surface area contributed by atoms with Crippen LogP contribution >= 0.6 is 0 Å². The topological polar surface area (TPSA) is 64.6 Å². The summed E-state index contributed by atoms with van der Waals surface area (Å²) in [7, 11) is 1.69. The molecule has 0 bridgehead atoms. The molecular weight excluding hydrogens is 558 g/mol. The smallest absolute Gasteiger partial charge is 0.302 e. The van der Waals surface area contributed by atoms with Gasteiger partial charge in [-0.05, 0) is 135 Å². The predicted octanol–water partition coefficient (Wildman–Crippen LogP) is 8.90. The van der Waals surface area contributed by atoms with Crippen molar-refractivity contribution in [2.45, 2.75) is 125 Å². The van der Waals surface area contributed by atoms with Crippen molar-refractivity contribution in [3.05, 3.63) is 42.0 Å². The molecule has 1 aromatic carbocycles. The van der Waals surface area contributed by atoms with Crippen molar-refractivity contribution in [2.24, 2.45) is 56.7 Å². The van der Waals surface area contributed by atoms with Gasteiger partial charge in [0.1, 0.15) is 11.9 Å². The van der Waals surface area contributed by atoms with Crippen LogP contribution in [-0.2, 0) is 20.9 Å². The second kappa shape index (κ2) is 11.2. The second-order valence-corrected chi connectivity index (χ2v) is 17.3. The lowest BCUT2D eigenvalue weighted by molar-refractivity contribution is -0.248. The molecule has 45 heavy (non-hydrogen) atoms. The first-order valence-corrected chi connectivity index (χ1v) is 17.9. The molecule has 1 N–H and O–H groups in total. The van der Waals surface area contributed by atoms with Gasteiger partial charge >= 0.3 is 5.97 Å². The molecular formula is C40H59NO4. The molecule has 1 amide bonds. The molecule has 1 aromatic rings. The van der Waals surface area contributed by atoms with Gasteiger partial charge in [0.2, 0.25) is 5.91 Å². The molecule has 5 fully saturated rings. The summed E-state index contributed by atoms with van der Waals surface area (Å²) < 4.78 is 11.4. The molecule has 10 atom stereocenters. The number of nitrogens with one attached hydrogen (secondary N) is 1. The maximum absolute atomic E-state index is 14.4. The highest BCUT2D eigenvalue weighted by Gasteiger charge is 2.72. The molecule has 6 rings (SSSR count). The van der Waals surface area contributed by atoms with E-state index in [0.29, 0.717) is 36.1 Å². The molecule has 5 nitrogen and oxygen atoms in total. The van der Waals surface area contributed by atoms with Crippen LogP contribution in [0.3, 0.4) is 0 Å². The van der Waals surface area contributed by atoms with Crippen LogP contribution in [0, 0.1) is 56.7 Å². The quantitative estimate of drug-likeness (QED) is 0.256. The van der Waals surface area contributed by atoms with Gasteiger partial charge in [-0.25, -0.2) is 0 Å². The van der Waals surface area contributed by atoms with E-state index in [2.05, 4.69) is 59.5 Å². The minimum absolute atomic E-state index is 0.00459. The van der Waals surface area contributed by atoms with Gasteiger partial charge in [-0.15, -0.1) is 0 Å². The van der Waals surface area contributed by atoms with Crippen LogP contribution in [0.2, 0.25) is 0 Å². The summed E-state index contributed by atoms with van der Waals surface area (Å²) in [6.45, 7) is 21.4. The number of methoxy groups -OCH3 is 1. The molecule has 0 aromatic heterocycles. The summed E-state index contributed by atoms with van der Waals surface area (Å²) in [6.07, 6.45) is 11.1. The molecule has 0 saturated heterocycles. The largest absolute Gasteiger partial charge is 0.497 e. The number of esters is 1. The molecule has 248 valence electrons. The normalized spacial score (nSPS) is 43.1. The van der Waals surface area contributed by atoms with E-state index < -0.39 is 0 Å². The van der Waals surface area contributed by atoms with Crippen molar-refractivity contribution in [1.29, 1.82) is 0 Å². The van der Waals surface area contributed by atoms with Crippen molar-refractivity contribution < 1.29 is 19.1 Å². The summed E-state index contributed by atoms with van der Waals surface area (Å²) >= 11 is 0. The van der Waals surface area contributed by atoms with Crippen LogP contribution in [0.15, 0.2) is 36.4 Å². The number of ether oxygens (including phenoxy) is 2. The van der Waals surface area contributed by atoms with Gasteiger partial charge in [-0.3, -0.25) is 9.59 Å². The summed E-state index contributed by atoms with van der Waals surface area (Å²) in [5.41, 5.74) is 2.62. The van der Waals surface area contributed by atoms with Crippen LogP contribution in [0.1, 0.15) is 118 Å². The van der Waals surface area contributed by atoms with Crippen molar-refractivity contribution >= 4 is 11.9 Å². The van der Waals surface area contributed by atoms with Crippen LogP contribution < -0.4 is 10.1 Å². The van der Waals surface area contributed by atoms with Gasteiger partial charge in [0.15, 0.2) is 0 Å². The Bertz CT molecular complexity index is 1350. The van der Waals surface area contributed by atoms with E-state index in [-0.39, 0.29) is 45.1 Å². The Morgan fingerprint density at radius 1 is 0.889 bits per heavy atom. The highest BCUT2D eigenvalue weighted by atomic mass is 16.5. The molecule has 5 aliphatic rings. The van der Waals surface area contributed by atoms with Gasteiger partial charge < -0.3 is 14.8 Å². The second-order valence-electron chi connectivity index (χ2n) is 17.3. The lowest BCUT2D eigenvalue weighted by atomic mass is 9.32. The molecule has 0 aliphatic heterocycles. The Morgan fingerprint density at radius 3 is 2.33 bits per heavy atom. The summed E-state index contributed by atoms with van der Waals surface area (Å²) in [4.78, 5) is 26.5. The highest BCUT2D eigenvalue weighted by Crippen LogP contribution is 2.77. The van der Waals surface area contributed by atoms with Crippen molar-refractivity contribution in [2.75, 3.05) is 7.11 Å². The molecule has 5 heteroatoms. The van der Waals surface area contributed by atoms with E-state index in [1.165, 1.54) is 31.3 Å².